The largest absolute Gasteiger partial charge is 0.352 e. The normalized spacial score (nSPS) is 11.5. The quantitative estimate of drug-likeness (QED) is 0.493. The van der Waals surface area contributed by atoms with Crippen LogP contribution in [0.3, 0.4) is 0 Å². The molecule has 124 valence electrons. The fourth-order valence-electron chi connectivity index (χ4n) is 2.36. The number of aromatic nitrogens is 2. The molecular weight excluding hydrogens is 318 g/mol. The molecule has 5 nitrogen and oxygen atoms in total. The van der Waals surface area contributed by atoms with Crippen molar-refractivity contribution in [1.82, 2.24) is 20.6 Å². The Balaban J connectivity index is 1.53. The minimum absolute atomic E-state index is 0.593. The van der Waals surface area contributed by atoms with Crippen molar-refractivity contribution in [2.75, 3.05) is 7.05 Å². The van der Waals surface area contributed by atoms with Gasteiger partial charge in [0.05, 0.1) is 25.0 Å². The Morgan fingerprint density at radius 1 is 1.12 bits per heavy atom. The first-order valence-electron chi connectivity index (χ1n) is 7.84. The number of aliphatic imine (C=N–C) groups is 1. The Hall–Kier alpha value is -2.60. The first kappa shape index (κ1) is 16.3. The minimum Gasteiger partial charge on any atom is -0.352 e. The third kappa shape index (κ3) is 4.23. The number of benzene rings is 1. The molecule has 0 fully saturated rings. The molecule has 24 heavy (non-hydrogen) atoms. The minimum atomic E-state index is 0.593. The lowest BCUT2D eigenvalue weighted by molar-refractivity contribution is 0.786. The smallest absolute Gasteiger partial charge is 0.191 e. The standard InChI is InChI=1S/C18H21N5S/c1-13-8-9-15(24-13)10-21-18(19-2)22-12-17-20-11-16(23-17)14-6-4-3-5-7-14/h3-9,11H,10,12H2,1-2H3,(H,20,23)(H2,19,21,22). The molecule has 0 saturated carbocycles. The van der Waals surface area contributed by atoms with Crippen LogP contribution in [-0.2, 0) is 13.1 Å². The maximum absolute atomic E-state index is 4.42. The van der Waals surface area contributed by atoms with E-state index < -0.39 is 0 Å². The molecule has 0 aliphatic carbocycles. The average molecular weight is 339 g/mol. The number of aromatic amines is 1. The average Bonchev–Trinajstić information content (AvgIpc) is 3.25. The molecule has 6 heteroatoms. The van der Waals surface area contributed by atoms with E-state index in [1.54, 1.807) is 18.4 Å². The van der Waals surface area contributed by atoms with E-state index in [2.05, 4.69) is 56.8 Å². The van der Waals surface area contributed by atoms with Gasteiger partial charge in [-0.2, -0.15) is 0 Å². The summed E-state index contributed by atoms with van der Waals surface area (Å²) in [5.74, 6) is 1.64. The van der Waals surface area contributed by atoms with Gasteiger partial charge in [-0.3, -0.25) is 4.99 Å². The van der Waals surface area contributed by atoms with Crippen molar-refractivity contribution >= 4 is 17.3 Å². The summed E-state index contributed by atoms with van der Waals surface area (Å²) in [5, 5.41) is 6.59. The summed E-state index contributed by atoms with van der Waals surface area (Å²) in [6.45, 7) is 3.48. The van der Waals surface area contributed by atoms with Crippen molar-refractivity contribution in [3.05, 3.63) is 64.2 Å². The molecule has 0 radical (unpaired) electrons. The van der Waals surface area contributed by atoms with Crippen LogP contribution in [0.1, 0.15) is 15.6 Å². The van der Waals surface area contributed by atoms with E-state index in [1.807, 2.05) is 24.4 Å². The molecule has 0 saturated heterocycles. The van der Waals surface area contributed by atoms with Crippen molar-refractivity contribution < 1.29 is 0 Å². The first-order valence-corrected chi connectivity index (χ1v) is 8.65. The number of nitrogens with zero attached hydrogens (tertiary/aromatic N) is 2. The summed E-state index contributed by atoms with van der Waals surface area (Å²) in [5.41, 5.74) is 2.15. The second-order valence-corrected chi connectivity index (χ2v) is 6.77. The topological polar surface area (TPSA) is 65.1 Å². The van der Waals surface area contributed by atoms with Crippen molar-refractivity contribution in [3.63, 3.8) is 0 Å². The summed E-state index contributed by atoms with van der Waals surface area (Å²) >= 11 is 1.79. The number of nitrogens with one attached hydrogen (secondary N) is 3. The number of guanidine groups is 1. The van der Waals surface area contributed by atoms with E-state index in [-0.39, 0.29) is 0 Å². The van der Waals surface area contributed by atoms with Crippen molar-refractivity contribution in [2.24, 2.45) is 4.99 Å². The maximum Gasteiger partial charge on any atom is 0.191 e. The number of thiophene rings is 1. The zero-order valence-electron chi connectivity index (χ0n) is 13.8. The Bertz CT molecular complexity index is 804. The molecule has 2 aromatic heterocycles. The fraction of sp³-hybridized carbons (Fsp3) is 0.222. The van der Waals surface area contributed by atoms with Crippen LogP contribution in [0.15, 0.2) is 53.7 Å². The van der Waals surface area contributed by atoms with Crippen LogP contribution in [0.2, 0.25) is 0 Å². The molecule has 0 unspecified atom stereocenters. The number of hydrogen-bond acceptors (Lipinski definition) is 3. The van der Waals surface area contributed by atoms with Gasteiger partial charge in [-0.05, 0) is 24.6 Å². The van der Waals surface area contributed by atoms with Gasteiger partial charge in [0.15, 0.2) is 5.96 Å². The maximum atomic E-state index is 4.42. The third-order valence-corrected chi connectivity index (χ3v) is 4.59. The lowest BCUT2D eigenvalue weighted by Gasteiger charge is -2.10. The molecule has 3 N–H and O–H groups in total. The van der Waals surface area contributed by atoms with Crippen LogP contribution in [0.5, 0.6) is 0 Å². The zero-order chi connectivity index (χ0) is 16.8. The number of aryl methyl sites for hydroxylation is 1. The molecule has 0 aliphatic heterocycles. The lowest BCUT2D eigenvalue weighted by atomic mass is 10.2. The third-order valence-electron chi connectivity index (χ3n) is 3.59. The molecule has 0 aliphatic rings. The molecule has 0 amide bonds. The van der Waals surface area contributed by atoms with Crippen LogP contribution < -0.4 is 10.6 Å². The monoisotopic (exact) mass is 339 g/mol. The highest BCUT2D eigenvalue weighted by molar-refractivity contribution is 7.11. The van der Waals surface area contributed by atoms with Gasteiger partial charge in [0, 0.05) is 16.8 Å². The molecule has 0 bridgehead atoms. The van der Waals surface area contributed by atoms with Crippen molar-refractivity contribution in [3.8, 4) is 11.3 Å². The number of H-pyrrole nitrogens is 1. The van der Waals surface area contributed by atoms with Crippen LogP contribution in [0.4, 0.5) is 0 Å². The molecule has 0 atom stereocenters. The number of rotatable bonds is 5. The van der Waals surface area contributed by atoms with E-state index in [1.165, 1.54) is 9.75 Å². The van der Waals surface area contributed by atoms with Crippen molar-refractivity contribution in [1.29, 1.82) is 0 Å². The summed E-state index contributed by atoms with van der Waals surface area (Å²) in [6, 6.07) is 14.4. The Morgan fingerprint density at radius 2 is 1.92 bits per heavy atom. The Labute approximate surface area is 145 Å². The van der Waals surface area contributed by atoms with Gasteiger partial charge in [0.2, 0.25) is 0 Å². The van der Waals surface area contributed by atoms with Gasteiger partial charge in [-0.25, -0.2) is 4.98 Å². The summed E-state index contributed by atoms with van der Waals surface area (Å²) < 4.78 is 0. The summed E-state index contributed by atoms with van der Waals surface area (Å²) in [6.07, 6.45) is 1.86. The van der Waals surface area contributed by atoms with Gasteiger partial charge in [-0.1, -0.05) is 30.3 Å². The van der Waals surface area contributed by atoms with Crippen LogP contribution in [0, 0.1) is 6.92 Å². The first-order chi connectivity index (χ1) is 11.7. The van der Waals surface area contributed by atoms with Gasteiger partial charge in [0.1, 0.15) is 5.82 Å². The highest BCUT2D eigenvalue weighted by Crippen LogP contribution is 2.16. The van der Waals surface area contributed by atoms with E-state index >= 15 is 0 Å². The predicted molar refractivity (Wildman–Crippen MR) is 100 cm³/mol. The molecule has 2 heterocycles. The second kappa shape index (κ2) is 7.79. The summed E-state index contributed by atoms with van der Waals surface area (Å²) in [7, 11) is 1.77. The SMILES string of the molecule is CN=C(NCc1ncc(-c2ccccc2)[nH]1)NCc1ccc(C)s1. The highest BCUT2D eigenvalue weighted by Gasteiger charge is 2.05. The number of imidazole rings is 1. The fourth-order valence-corrected chi connectivity index (χ4v) is 3.19. The molecule has 0 spiro atoms. The molecular formula is C18H21N5S. The van der Waals surface area contributed by atoms with Crippen LogP contribution in [-0.4, -0.2) is 23.0 Å². The van der Waals surface area contributed by atoms with Crippen molar-refractivity contribution in [2.45, 2.75) is 20.0 Å². The van der Waals surface area contributed by atoms with Crippen LogP contribution in [0.25, 0.3) is 11.3 Å². The predicted octanol–water partition coefficient (Wildman–Crippen LogP) is 3.31. The molecule has 3 rings (SSSR count). The van der Waals surface area contributed by atoms with Gasteiger partial charge >= 0.3 is 0 Å². The summed E-state index contributed by atoms with van der Waals surface area (Å²) in [4.78, 5) is 14.6. The molecule has 3 aromatic rings. The Morgan fingerprint density at radius 3 is 2.62 bits per heavy atom. The van der Waals surface area contributed by atoms with E-state index in [9.17, 15) is 0 Å². The number of hydrogen-bond donors (Lipinski definition) is 3. The lowest BCUT2D eigenvalue weighted by Crippen LogP contribution is -2.36. The highest BCUT2D eigenvalue weighted by atomic mass is 32.1. The van der Waals surface area contributed by atoms with Gasteiger partial charge < -0.3 is 15.6 Å². The Kier molecular flexibility index (Phi) is 5.28. The van der Waals surface area contributed by atoms with Gasteiger partial charge in [0.25, 0.3) is 0 Å². The van der Waals surface area contributed by atoms with E-state index in [4.69, 9.17) is 0 Å². The second-order valence-electron chi connectivity index (χ2n) is 5.40. The zero-order valence-corrected chi connectivity index (χ0v) is 14.7. The van der Waals surface area contributed by atoms with E-state index in [0.29, 0.717) is 6.54 Å². The van der Waals surface area contributed by atoms with E-state index in [0.717, 1.165) is 29.6 Å². The van der Waals surface area contributed by atoms with Gasteiger partial charge in [-0.15, -0.1) is 11.3 Å². The molecule has 1 aromatic carbocycles. The van der Waals surface area contributed by atoms with Crippen LogP contribution >= 0.6 is 11.3 Å².